The molecule has 21 nitrogen and oxygen atoms in total. The van der Waals surface area contributed by atoms with Gasteiger partial charge >= 0.3 is 47.8 Å². The van der Waals surface area contributed by atoms with Crippen molar-refractivity contribution in [2.45, 2.75) is 117 Å². The van der Waals surface area contributed by atoms with Crippen LogP contribution < -0.4 is 9.47 Å². The lowest BCUT2D eigenvalue weighted by Crippen LogP contribution is -2.63. The number of ether oxygens (including phenoxy) is 12. The maximum Gasteiger partial charge on any atom is 0.303 e. The molecule has 4 rings (SSSR count). The standard InChI is InChI=1S/C20H24O10S.C19H22O11S/c1-6-16-14(7-8-31-16)29-20-19(28-13(5)24)18(27-12(4)23)17(26-11(3)22)15(30-20)9-25-10(2)21;1-9(21)25-8-14-16(26-10(2)22)17(27-11(3)23)18(28-12(4)24)19(30-14)29-13-5-6-31-15(13)7-20/h6-8,15,17-20H,1,9H2,2-5H3;5-7,14,16-19H,8H2,1-4H3. The van der Waals surface area contributed by atoms with Crippen molar-refractivity contribution in [3.63, 3.8) is 0 Å². The van der Waals surface area contributed by atoms with Crippen LogP contribution in [-0.2, 0) is 85.7 Å². The van der Waals surface area contributed by atoms with E-state index in [4.69, 9.17) is 56.8 Å². The van der Waals surface area contributed by atoms with Crippen LogP contribution in [0.5, 0.6) is 11.5 Å². The highest BCUT2D eigenvalue weighted by atomic mass is 32.1. The van der Waals surface area contributed by atoms with Gasteiger partial charge in [-0.25, -0.2) is 0 Å². The van der Waals surface area contributed by atoms with Gasteiger partial charge in [0.25, 0.3) is 0 Å². The average molecular weight is 915 g/mol. The van der Waals surface area contributed by atoms with E-state index in [-0.39, 0.29) is 23.8 Å². The normalized spacial score (nSPS) is 25.1. The minimum absolute atomic E-state index is 0.140. The molecule has 0 spiro atoms. The predicted molar refractivity (Wildman–Crippen MR) is 209 cm³/mol. The second kappa shape index (κ2) is 23.9. The molecule has 62 heavy (non-hydrogen) atoms. The van der Waals surface area contributed by atoms with Crippen LogP contribution in [0.1, 0.15) is 69.9 Å². The summed E-state index contributed by atoms with van der Waals surface area (Å²) in [6, 6.07) is 3.17. The van der Waals surface area contributed by atoms with Gasteiger partial charge in [0.1, 0.15) is 41.8 Å². The highest BCUT2D eigenvalue weighted by Crippen LogP contribution is 2.35. The van der Waals surface area contributed by atoms with E-state index >= 15 is 0 Å². The number of hydrogen-bond acceptors (Lipinski definition) is 23. The molecule has 2 aromatic rings. The molecule has 0 amide bonds. The number of carbonyl (C=O) groups excluding carboxylic acids is 9. The van der Waals surface area contributed by atoms with Crippen LogP contribution in [0.25, 0.3) is 6.08 Å². The SMILES string of the molecule is C=Cc1sccc1OC1OC(COC(C)=O)C(OC(C)=O)C(OC(C)=O)C1OC(C)=O.CC(=O)OCC1OC(Oc2ccsc2C=O)C(OC(C)=O)C(OC(C)=O)C1OC(C)=O. The summed E-state index contributed by atoms with van der Waals surface area (Å²) in [6.45, 7) is 12.2. The molecule has 0 bridgehead atoms. The van der Waals surface area contributed by atoms with Crippen molar-refractivity contribution >= 4 is 82.8 Å². The Morgan fingerprint density at radius 1 is 0.516 bits per heavy atom. The maximum atomic E-state index is 11.8. The Kier molecular flexibility index (Phi) is 19.5. The summed E-state index contributed by atoms with van der Waals surface area (Å²) in [7, 11) is 0. The number of thiophene rings is 2. The number of esters is 8. The van der Waals surface area contributed by atoms with E-state index in [1.54, 1.807) is 22.9 Å². The molecule has 23 heteroatoms. The Morgan fingerprint density at radius 3 is 1.16 bits per heavy atom. The van der Waals surface area contributed by atoms with Gasteiger partial charge in [0.2, 0.25) is 24.8 Å². The van der Waals surface area contributed by atoms with Crippen molar-refractivity contribution in [3.05, 3.63) is 39.2 Å². The highest BCUT2D eigenvalue weighted by molar-refractivity contribution is 7.12. The summed E-state index contributed by atoms with van der Waals surface area (Å²) in [5.41, 5.74) is 0. The quantitative estimate of drug-likeness (QED) is 0.133. The molecule has 0 radical (unpaired) electrons. The second-order valence-corrected chi connectivity index (χ2v) is 14.9. The first-order valence-electron chi connectivity index (χ1n) is 18.4. The molecule has 2 aromatic heterocycles. The molecule has 0 N–H and O–H groups in total. The van der Waals surface area contributed by atoms with E-state index < -0.39 is 109 Å². The Morgan fingerprint density at radius 2 is 0.839 bits per heavy atom. The first-order chi connectivity index (χ1) is 29.2. The Hall–Kier alpha value is -5.91. The topological polar surface area (TPSA) is 264 Å². The zero-order chi connectivity index (χ0) is 46.3. The lowest BCUT2D eigenvalue weighted by atomic mass is 9.98. The summed E-state index contributed by atoms with van der Waals surface area (Å²) in [5, 5.41) is 3.36. The van der Waals surface area contributed by atoms with Crippen LogP contribution in [0.15, 0.2) is 29.5 Å². The molecule has 340 valence electrons. The zero-order valence-electron chi connectivity index (χ0n) is 34.7. The summed E-state index contributed by atoms with van der Waals surface area (Å²) < 4.78 is 65.1. The van der Waals surface area contributed by atoms with Gasteiger partial charge in [-0.2, -0.15) is 0 Å². The van der Waals surface area contributed by atoms with Gasteiger partial charge in [-0.15, -0.1) is 22.7 Å². The molecule has 0 aromatic carbocycles. The van der Waals surface area contributed by atoms with Crippen molar-refractivity contribution in [1.82, 2.24) is 0 Å². The van der Waals surface area contributed by atoms with Crippen molar-refractivity contribution in [2.75, 3.05) is 13.2 Å². The molecule has 10 atom stereocenters. The number of hydrogen-bond donors (Lipinski definition) is 0. The third-order valence-corrected chi connectivity index (χ3v) is 9.71. The second-order valence-electron chi connectivity index (χ2n) is 13.0. The van der Waals surface area contributed by atoms with Gasteiger partial charge in [0.05, 0.1) is 4.88 Å². The largest absolute Gasteiger partial charge is 0.463 e. The van der Waals surface area contributed by atoms with Crippen LogP contribution in [0.2, 0.25) is 0 Å². The van der Waals surface area contributed by atoms with Crippen LogP contribution >= 0.6 is 22.7 Å². The molecule has 2 saturated heterocycles. The van der Waals surface area contributed by atoms with Gasteiger partial charge in [-0.1, -0.05) is 6.58 Å². The van der Waals surface area contributed by atoms with Gasteiger partial charge < -0.3 is 56.8 Å². The van der Waals surface area contributed by atoms with Crippen molar-refractivity contribution in [3.8, 4) is 11.5 Å². The maximum absolute atomic E-state index is 11.8. The predicted octanol–water partition coefficient (Wildman–Crippen LogP) is 2.88. The van der Waals surface area contributed by atoms with Gasteiger partial charge in [0.15, 0.2) is 30.7 Å². The molecular weight excluding hydrogens is 869 g/mol. The smallest absolute Gasteiger partial charge is 0.303 e. The molecule has 4 heterocycles. The zero-order valence-corrected chi connectivity index (χ0v) is 36.4. The fourth-order valence-corrected chi connectivity index (χ4v) is 7.16. The van der Waals surface area contributed by atoms with Gasteiger partial charge in [-0.3, -0.25) is 43.2 Å². The molecule has 0 aliphatic carbocycles. The first kappa shape index (κ1) is 50.4. The molecule has 2 aliphatic heterocycles. The van der Waals surface area contributed by atoms with Crippen LogP contribution in [0, 0.1) is 0 Å². The van der Waals surface area contributed by atoms with Crippen molar-refractivity contribution in [2.24, 2.45) is 0 Å². The Balaban J connectivity index is 0.000000330. The molecule has 10 unspecified atom stereocenters. The number of aldehydes is 1. The summed E-state index contributed by atoms with van der Waals surface area (Å²) in [4.78, 5) is 105. The van der Waals surface area contributed by atoms with Gasteiger partial charge in [-0.05, 0) is 29.0 Å². The van der Waals surface area contributed by atoms with E-state index in [1.165, 1.54) is 31.3 Å². The van der Waals surface area contributed by atoms with Crippen molar-refractivity contribution < 1.29 is 100.0 Å². The molecule has 2 aliphatic rings. The third kappa shape index (κ3) is 15.2. The van der Waals surface area contributed by atoms with E-state index in [2.05, 4.69) is 6.58 Å². The summed E-state index contributed by atoms with van der Waals surface area (Å²) >= 11 is 2.47. The van der Waals surface area contributed by atoms with Crippen LogP contribution in [0.4, 0.5) is 0 Å². The van der Waals surface area contributed by atoms with E-state index in [1.807, 2.05) is 0 Å². The molecule has 0 saturated carbocycles. The Bertz CT molecular complexity index is 1800. The van der Waals surface area contributed by atoms with Crippen LogP contribution in [-0.4, -0.2) is 129 Å². The minimum atomic E-state index is -1.38. The van der Waals surface area contributed by atoms with E-state index in [9.17, 15) is 43.2 Å². The monoisotopic (exact) mass is 914 g/mol. The lowest BCUT2D eigenvalue weighted by molar-refractivity contribution is -0.288. The molecular formula is C39H46O21S2. The number of rotatable bonds is 16. The van der Waals surface area contributed by atoms with Gasteiger partial charge in [0, 0.05) is 55.4 Å². The van der Waals surface area contributed by atoms with Crippen LogP contribution in [0.3, 0.4) is 0 Å². The third-order valence-electron chi connectivity index (χ3n) is 7.99. The summed E-state index contributed by atoms with van der Waals surface area (Å²) in [6.07, 6.45) is -10.5. The first-order valence-corrected chi connectivity index (χ1v) is 20.2. The van der Waals surface area contributed by atoms with E-state index in [0.717, 1.165) is 52.9 Å². The average Bonchev–Trinajstić information content (AvgIpc) is 3.82. The van der Waals surface area contributed by atoms with E-state index in [0.29, 0.717) is 16.9 Å². The number of carbonyl (C=O) groups is 9. The minimum Gasteiger partial charge on any atom is -0.463 e. The summed E-state index contributed by atoms with van der Waals surface area (Å²) in [5.74, 6) is -5.05. The highest BCUT2D eigenvalue weighted by Gasteiger charge is 2.55. The fraction of sp³-hybridized carbons (Fsp3) is 0.513. The molecule has 2 fully saturated rings. The van der Waals surface area contributed by atoms with Crippen molar-refractivity contribution in [1.29, 1.82) is 0 Å². The Labute approximate surface area is 362 Å². The lowest BCUT2D eigenvalue weighted by Gasteiger charge is -2.43. The fourth-order valence-electron chi connectivity index (χ4n) is 5.87.